The summed E-state index contributed by atoms with van der Waals surface area (Å²) in [5.41, 5.74) is -0.564. The van der Waals surface area contributed by atoms with Crippen molar-refractivity contribution in [2.24, 2.45) is 0 Å². The van der Waals surface area contributed by atoms with Gasteiger partial charge in [0.15, 0.2) is 6.29 Å². The van der Waals surface area contributed by atoms with Crippen LogP contribution in [-0.2, 0) is 15.7 Å². The number of nitrogens with one attached hydrogen (secondary N) is 1. The third-order valence-electron chi connectivity index (χ3n) is 2.76. The van der Waals surface area contributed by atoms with Gasteiger partial charge in [-0.05, 0) is 18.2 Å². The molecule has 0 saturated carbocycles. The normalized spacial score (nSPS) is 13.8. The summed E-state index contributed by atoms with van der Waals surface area (Å²) in [4.78, 5) is 0. The zero-order valence-electron chi connectivity index (χ0n) is 11.1. The summed E-state index contributed by atoms with van der Waals surface area (Å²) in [6, 6.07) is 4.74. The van der Waals surface area contributed by atoms with Crippen LogP contribution in [0.4, 0.5) is 13.2 Å². The molecular formula is C13H18F3NO2. The molecule has 0 aliphatic rings. The molecule has 0 radical (unpaired) electrons. The maximum absolute atomic E-state index is 13.0. The van der Waals surface area contributed by atoms with Gasteiger partial charge in [0.1, 0.15) is 0 Å². The van der Waals surface area contributed by atoms with Crippen LogP contribution in [0.1, 0.15) is 24.1 Å². The van der Waals surface area contributed by atoms with E-state index in [1.807, 2.05) is 6.92 Å². The van der Waals surface area contributed by atoms with Crippen LogP contribution in [0.3, 0.4) is 0 Å². The summed E-state index contributed by atoms with van der Waals surface area (Å²) in [5, 5.41) is 2.96. The van der Waals surface area contributed by atoms with Crippen LogP contribution < -0.4 is 5.32 Å². The summed E-state index contributed by atoms with van der Waals surface area (Å²) in [6.45, 7) is 2.31. The first-order valence-corrected chi connectivity index (χ1v) is 5.90. The van der Waals surface area contributed by atoms with E-state index in [1.54, 1.807) is 6.07 Å². The Morgan fingerprint density at radius 2 is 1.74 bits per heavy atom. The molecule has 3 nitrogen and oxygen atoms in total. The highest BCUT2D eigenvalue weighted by atomic mass is 19.4. The molecule has 0 spiro atoms. The van der Waals surface area contributed by atoms with E-state index in [4.69, 9.17) is 9.47 Å². The van der Waals surface area contributed by atoms with Crippen LogP contribution >= 0.6 is 0 Å². The van der Waals surface area contributed by atoms with Gasteiger partial charge in [0.05, 0.1) is 11.6 Å². The van der Waals surface area contributed by atoms with Crippen molar-refractivity contribution in [2.75, 3.05) is 20.8 Å². The second-order valence-electron chi connectivity index (χ2n) is 3.96. The molecule has 1 unspecified atom stereocenters. The van der Waals surface area contributed by atoms with Crippen molar-refractivity contribution < 1.29 is 22.6 Å². The molecule has 0 aromatic heterocycles. The van der Waals surface area contributed by atoms with Crippen LogP contribution in [-0.4, -0.2) is 27.1 Å². The number of alkyl halides is 3. The van der Waals surface area contributed by atoms with Gasteiger partial charge in [-0.25, -0.2) is 0 Å². The molecule has 0 bridgehead atoms. The number of likely N-dealkylation sites (N-methyl/N-ethyl adjacent to an activating group) is 1. The van der Waals surface area contributed by atoms with Crippen molar-refractivity contribution in [3.8, 4) is 0 Å². The minimum atomic E-state index is -4.41. The molecule has 0 amide bonds. The van der Waals surface area contributed by atoms with E-state index in [0.29, 0.717) is 6.54 Å². The number of benzene rings is 1. The lowest BCUT2D eigenvalue weighted by Gasteiger charge is -2.28. The van der Waals surface area contributed by atoms with Crippen LogP contribution in [0.5, 0.6) is 0 Å². The van der Waals surface area contributed by atoms with Gasteiger partial charge in [0.25, 0.3) is 0 Å². The summed E-state index contributed by atoms with van der Waals surface area (Å²) in [6.07, 6.45) is -5.19. The van der Waals surface area contributed by atoms with Gasteiger partial charge >= 0.3 is 6.18 Å². The molecule has 1 N–H and O–H groups in total. The minimum Gasteiger partial charge on any atom is -0.354 e. The molecule has 1 aromatic rings. The Bertz CT molecular complexity index is 392. The van der Waals surface area contributed by atoms with E-state index in [-0.39, 0.29) is 5.56 Å². The predicted octanol–water partition coefficient (Wildman–Crippen LogP) is 2.97. The van der Waals surface area contributed by atoms with Crippen LogP contribution in [0, 0.1) is 0 Å². The third-order valence-corrected chi connectivity index (χ3v) is 2.76. The molecule has 1 aromatic carbocycles. The smallest absolute Gasteiger partial charge is 0.354 e. The average Bonchev–Trinajstić information content (AvgIpc) is 2.38. The van der Waals surface area contributed by atoms with Crippen molar-refractivity contribution in [1.82, 2.24) is 5.32 Å². The third kappa shape index (κ3) is 3.92. The quantitative estimate of drug-likeness (QED) is 0.811. The number of ether oxygens (including phenoxy) is 2. The SMILES string of the molecule is CCNC(c1ccccc1C(F)(F)F)C(OC)OC. The highest BCUT2D eigenvalue weighted by Crippen LogP contribution is 2.35. The van der Waals surface area contributed by atoms with E-state index >= 15 is 0 Å². The number of rotatable bonds is 6. The second kappa shape index (κ2) is 6.88. The zero-order valence-corrected chi connectivity index (χ0v) is 11.1. The average molecular weight is 277 g/mol. The Labute approximate surface area is 110 Å². The molecule has 108 valence electrons. The topological polar surface area (TPSA) is 30.5 Å². The summed E-state index contributed by atoms with van der Waals surface area (Å²) < 4.78 is 49.2. The molecule has 0 fully saturated rings. The summed E-state index contributed by atoms with van der Waals surface area (Å²) in [7, 11) is 2.80. The van der Waals surface area contributed by atoms with Crippen molar-refractivity contribution in [3.63, 3.8) is 0 Å². The first-order valence-electron chi connectivity index (χ1n) is 5.90. The molecule has 19 heavy (non-hydrogen) atoms. The Morgan fingerprint density at radius 3 is 2.21 bits per heavy atom. The molecular weight excluding hydrogens is 259 g/mol. The van der Waals surface area contributed by atoms with E-state index in [9.17, 15) is 13.2 Å². The fourth-order valence-electron chi connectivity index (χ4n) is 1.97. The minimum absolute atomic E-state index is 0.116. The molecule has 0 aliphatic heterocycles. The fourth-order valence-corrected chi connectivity index (χ4v) is 1.97. The standard InChI is InChI=1S/C13H18F3NO2/c1-4-17-11(12(18-2)19-3)9-7-5-6-8-10(9)13(14,15)16/h5-8,11-12,17H,4H2,1-3H3. The molecule has 0 aliphatic carbocycles. The highest BCUT2D eigenvalue weighted by molar-refractivity contribution is 5.32. The predicted molar refractivity (Wildman–Crippen MR) is 65.7 cm³/mol. The first kappa shape index (κ1) is 15.9. The van der Waals surface area contributed by atoms with E-state index in [1.165, 1.54) is 26.4 Å². The van der Waals surface area contributed by atoms with Gasteiger partial charge in [0.2, 0.25) is 0 Å². The van der Waals surface area contributed by atoms with Crippen LogP contribution in [0.2, 0.25) is 0 Å². The van der Waals surface area contributed by atoms with Gasteiger partial charge in [-0.15, -0.1) is 0 Å². The lowest BCUT2D eigenvalue weighted by atomic mass is 9.99. The Hall–Kier alpha value is -1.11. The Morgan fingerprint density at radius 1 is 1.16 bits per heavy atom. The molecule has 6 heteroatoms. The molecule has 1 rings (SSSR count). The summed E-state index contributed by atoms with van der Waals surface area (Å²) >= 11 is 0. The van der Waals surface area contributed by atoms with Crippen molar-refractivity contribution >= 4 is 0 Å². The van der Waals surface area contributed by atoms with Crippen molar-refractivity contribution in [2.45, 2.75) is 25.4 Å². The van der Waals surface area contributed by atoms with Gasteiger partial charge in [-0.1, -0.05) is 25.1 Å². The largest absolute Gasteiger partial charge is 0.416 e. The highest BCUT2D eigenvalue weighted by Gasteiger charge is 2.36. The van der Waals surface area contributed by atoms with Gasteiger partial charge in [-0.2, -0.15) is 13.2 Å². The Balaban J connectivity index is 3.22. The maximum atomic E-state index is 13.0. The van der Waals surface area contributed by atoms with Crippen molar-refractivity contribution in [3.05, 3.63) is 35.4 Å². The van der Waals surface area contributed by atoms with E-state index in [2.05, 4.69) is 5.32 Å². The van der Waals surface area contributed by atoms with Crippen molar-refractivity contribution in [1.29, 1.82) is 0 Å². The number of halogens is 3. The molecule has 1 atom stereocenters. The first-order chi connectivity index (χ1) is 8.95. The Kier molecular flexibility index (Phi) is 5.78. The van der Waals surface area contributed by atoms with Gasteiger partial charge in [-0.3, -0.25) is 0 Å². The fraction of sp³-hybridized carbons (Fsp3) is 0.538. The second-order valence-corrected chi connectivity index (χ2v) is 3.96. The number of hydrogen-bond donors (Lipinski definition) is 1. The molecule has 0 heterocycles. The molecule has 0 saturated heterocycles. The van der Waals surface area contributed by atoms with E-state index in [0.717, 1.165) is 6.07 Å². The maximum Gasteiger partial charge on any atom is 0.416 e. The van der Waals surface area contributed by atoms with Crippen LogP contribution in [0.25, 0.3) is 0 Å². The number of hydrogen-bond acceptors (Lipinski definition) is 3. The van der Waals surface area contributed by atoms with Gasteiger partial charge < -0.3 is 14.8 Å². The van der Waals surface area contributed by atoms with E-state index < -0.39 is 24.1 Å². The summed E-state index contributed by atoms with van der Waals surface area (Å²) in [5.74, 6) is 0. The lowest BCUT2D eigenvalue weighted by molar-refractivity contribution is -0.143. The lowest BCUT2D eigenvalue weighted by Crippen LogP contribution is -2.35. The number of methoxy groups -OCH3 is 2. The zero-order chi connectivity index (χ0) is 14.5. The monoisotopic (exact) mass is 277 g/mol. The van der Waals surface area contributed by atoms with Gasteiger partial charge in [0, 0.05) is 14.2 Å². The van der Waals surface area contributed by atoms with Crippen LogP contribution in [0.15, 0.2) is 24.3 Å².